The summed E-state index contributed by atoms with van der Waals surface area (Å²) >= 11 is 0. The number of ether oxygens (including phenoxy) is 2. The van der Waals surface area contributed by atoms with Crippen molar-refractivity contribution in [3.63, 3.8) is 0 Å². The average Bonchev–Trinajstić information content (AvgIpc) is 2.58. The molecule has 3 heteroatoms. The highest BCUT2D eigenvalue weighted by molar-refractivity contribution is 6.00. The maximum Gasteiger partial charge on any atom is 0.162 e. The summed E-state index contributed by atoms with van der Waals surface area (Å²) in [6.45, 7) is 0. The molecule has 0 spiro atoms. The SMILES string of the molecule is COc1cccc(C=C2CCC(Oc3ccccc3)CC2=O)c1. The fourth-order valence-electron chi connectivity index (χ4n) is 2.77. The molecule has 0 heterocycles. The maximum atomic E-state index is 12.4. The van der Waals surface area contributed by atoms with E-state index >= 15 is 0 Å². The van der Waals surface area contributed by atoms with Gasteiger partial charge in [0, 0.05) is 6.42 Å². The molecule has 0 N–H and O–H groups in total. The summed E-state index contributed by atoms with van der Waals surface area (Å²) < 4.78 is 11.1. The first-order chi connectivity index (χ1) is 11.2. The van der Waals surface area contributed by atoms with E-state index in [0.717, 1.165) is 35.5 Å². The second-order valence-electron chi connectivity index (χ2n) is 5.67. The summed E-state index contributed by atoms with van der Waals surface area (Å²) in [5.41, 5.74) is 1.86. The van der Waals surface area contributed by atoms with Crippen molar-refractivity contribution in [3.8, 4) is 11.5 Å². The van der Waals surface area contributed by atoms with E-state index in [1.807, 2.05) is 60.7 Å². The van der Waals surface area contributed by atoms with Crippen LogP contribution in [-0.2, 0) is 4.79 Å². The number of benzene rings is 2. The highest BCUT2D eigenvalue weighted by Crippen LogP contribution is 2.27. The van der Waals surface area contributed by atoms with Crippen molar-refractivity contribution in [2.75, 3.05) is 7.11 Å². The summed E-state index contributed by atoms with van der Waals surface area (Å²) in [4.78, 5) is 12.4. The molecule has 0 radical (unpaired) electrons. The average molecular weight is 308 g/mol. The van der Waals surface area contributed by atoms with E-state index in [0.29, 0.717) is 6.42 Å². The summed E-state index contributed by atoms with van der Waals surface area (Å²) in [5, 5.41) is 0. The number of Topliss-reactive ketones (excluding diaryl/α,β-unsaturated/α-hetero) is 1. The molecule has 118 valence electrons. The minimum Gasteiger partial charge on any atom is -0.497 e. The smallest absolute Gasteiger partial charge is 0.162 e. The van der Waals surface area contributed by atoms with Gasteiger partial charge in [-0.25, -0.2) is 0 Å². The van der Waals surface area contributed by atoms with E-state index in [1.54, 1.807) is 7.11 Å². The molecule has 1 atom stereocenters. The minimum atomic E-state index is -0.0349. The Morgan fingerprint density at radius 2 is 1.83 bits per heavy atom. The van der Waals surface area contributed by atoms with Crippen LogP contribution in [0.5, 0.6) is 11.5 Å². The van der Waals surface area contributed by atoms with E-state index in [9.17, 15) is 4.79 Å². The fraction of sp³-hybridized carbons (Fsp3) is 0.250. The van der Waals surface area contributed by atoms with Gasteiger partial charge in [0.15, 0.2) is 5.78 Å². The van der Waals surface area contributed by atoms with Crippen molar-refractivity contribution in [1.29, 1.82) is 0 Å². The molecule has 3 nitrogen and oxygen atoms in total. The third kappa shape index (κ3) is 4.01. The van der Waals surface area contributed by atoms with Crippen LogP contribution in [0.1, 0.15) is 24.8 Å². The molecule has 1 aliphatic carbocycles. The molecule has 1 fully saturated rings. The van der Waals surface area contributed by atoms with Gasteiger partial charge in [0.2, 0.25) is 0 Å². The Bertz CT molecular complexity index is 704. The summed E-state index contributed by atoms with van der Waals surface area (Å²) in [7, 11) is 1.64. The molecule has 1 unspecified atom stereocenters. The first-order valence-electron chi connectivity index (χ1n) is 7.84. The first kappa shape index (κ1) is 15.3. The number of hydrogen-bond donors (Lipinski definition) is 0. The molecule has 2 aromatic carbocycles. The predicted octanol–water partition coefficient (Wildman–Crippen LogP) is 4.28. The standard InChI is InChI=1S/C20H20O3/c1-22-18-9-5-6-15(13-18)12-16-10-11-19(14-20(16)21)23-17-7-3-2-4-8-17/h2-9,12-13,19H,10-11,14H2,1H3. The van der Waals surface area contributed by atoms with Gasteiger partial charge in [0.05, 0.1) is 7.11 Å². The predicted molar refractivity (Wildman–Crippen MR) is 90.7 cm³/mol. The van der Waals surface area contributed by atoms with Gasteiger partial charge >= 0.3 is 0 Å². The van der Waals surface area contributed by atoms with Gasteiger partial charge in [-0.2, -0.15) is 0 Å². The van der Waals surface area contributed by atoms with Gasteiger partial charge in [0.25, 0.3) is 0 Å². The number of hydrogen-bond acceptors (Lipinski definition) is 3. The van der Waals surface area contributed by atoms with Crippen LogP contribution >= 0.6 is 0 Å². The van der Waals surface area contributed by atoms with Crippen LogP contribution in [0.2, 0.25) is 0 Å². The molecule has 0 aromatic heterocycles. The van der Waals surface area contributed by atoms with Crippen LogP contribution in [0.4, 0.5) is 0 Å². The second-order valence-corrected chi connectivity index (χ2v) is 5.67. The third-order valence-corrected chi connectivity index (χ3v) is 3.99. The quantitative estimate of drug-likeness (QED) is 0.791. The van der Waals surface area contributed by atoms with Crippen LogP contribution in [0.15, 0.2) is 60.2 Å². The number of ketones is 1. The number of carbonyl (C=O) groups is 1. The molecule has 0 bridgehead atoms. The Kier molecular flexibility index (Phi) is 4.77. The molecule has 3 rings (SSSR count). The van der Waals surface area contributed by atoms with E-state index in [1.165, 1.54) is 0 Å². The van der Waals surface area contributed by atoms with E-state index < -0.39 is 0 Å². The Hall–Kier alpha value is -2.55. The van der Waals surface area contributed by atoms with Crippen LogP contribution in [0.25, 0.3) is 6.08 Å². The summed E-state index contributed by atoms with van der Waals surface area (Å²) in [6.07, 6.45) is 3.96. The minimum absolute atomic E-state index is 0.0349. The Morgan fingerprint density at radius 1 is 1.04 bits per heavy atom. The molecule has 2 aromatic rings. The Balaban J connectivity index is 1.66. The Morgan fingerprint density at radius 3 is 2.57 bits per heavy atom. The fourth-order valence-corrected chi connectivity index (χ4v) is 2.77. The highest BCUT2D eigenvalue weighted by atomic mass is 16.5. The Labute approximate surface area is 136 Å². The molecule has 23 heavy (non-hydrogen) atoms. The van der Waals surface area contributed by atoms with Crippen LogP contribution in [-0.4, -0.2) is 19.0 Å². The van der Waals surface area contributed by atoms with Gasteiger partial charge < -0.3 is 9.47 Å². The lowest BCUT2D eigenvalue weighted by Crippen LogP contribution is -2.26. The third-order valence-electron chi connectivity index (χ3n) is 3.99. The second kappa shape index (κ2) is 7.14. The van der Waals surface area contributed by atoms with E-state index in [4.69, 9.17) is 9.47 Å². The van der Waals surface area contributed by atoms with Crippen molar-refractivity contribution >= 4 is 11.9 Å². The lowest BCUT2D eigenvalue weighted by Gasteiger charge is -2.24. The van der Waals surface area contributed by atoms with Crippen molar-refractivity contribution in [1.82, 2.24) is 0 Å². The number of allylic oxidation sites excluding steroid dienone is 1. The van der Waals surface area contributed by atoms with Crippen molar-refractivity contribution in [3.05, 3.63) is 65.7 Å². The van der Waals surface area contributed by atoms with E-state index in [2.05, 4.69) is 0 Å². The van der Waals surface area contributed by atoms with Crippen molar-refractivity contribution < 1.29 is 14.3 Å². The van der Waals surface area contributed by atoms with Gasteiger partial charge in [-0.15, -0.1) is 0 Å². The molecule has 0 saturated heterocycles. The highest BCUT2D eigenvalue weighted by Gasteiger charge is 2.25. The number of rotatable bonds is 4. The zero-order chi connectivity index (χ0) is 16.1. The molecule has 1 saturated carbocycles. The lowest BCUT2D eigenvalue weighted by molar-refractivity contribution is -0.118. The van der Waals surface area contributed by atoms with Crippen LogP contribution in [0.3, 0.4) is 0 Å². The molecule has 0 amide bonds. The maximum absolute atomic E-state index is 12.4. The molecule has 1 aliphatic rings. The molecule has 0 aliphatic heterocycles. The normalized spacial score (nSPS) is 19.6. The van der Waals surface area contributed by atoms with Crippen molar-refractivity contribution in [2.24, 2.45) is 0 Å². The van der Waals surface area contributed by atoms with Gasteiger partial charge in [-0.1, -0.05) is 30.3 Å². The first-order valence-corrected chi connectivity index (χ1v) is 7.84. The summed E-state index contributed by atoms with van der Waals surface area (Å²) in [5.74, 6) is 1.79. The summed E-state index contributed by atoms with van der Waals surface area (Å²) in [6, 6.07) is 17.4. The van der Waals surface area contributed by atoms with Gasteiger partial charge in [-0.3, -0.25) is 4.79 Å². The lowest BCUT2D eigenvalue weighted by atomic mass is 9.90. The van der Waals surface area contributed by atoms with Crippen LogP contribution in [0, 0.1) is 0 Å². The molecular weight excluding hydrogens is 288 g/mol. The largest absolute Gasteiger partial charge is 0.497 e. The van der Waals surface area contributed by atoms with E-state index in [-0.39, 0.29) is 11.9 Å². The monoisotopic (exact) mass is 308 g/mol. The number of carbonyl (C=O) groups excluding carboxylic acids is 1. The van der Waals surface area contributed by atoms with Crippen LogP contribution < -0.4 is 9.47 Å². The zero-order valence-electron chi connectivity index (χ0n) is 13.2. The number of para-hydroxylation sites is 1. The van der Waals surface area contributed by atoms with Gasteiger partial charge in [0.1, 0.15) is 17.6 Å². The molecular formula is C20H20O3. The topological polar surface area (TPSA) is 35.5 Å². The van der Waals surface area contributed by atoms with Gasteiger partial charge in [-0.05, 0) is 54.3 Å². The van der Waals surface area contributed by atoms with Crippen molar-refractivity contribution in [2.45, 2.75) is 25.4 Å². The zero-order valence-corrected chi connectivity index (χ0v) is 13.2. The number of methoxy groups -OCH3 is 1.